The minimum absolute atomic E-state index is 0.145. The lowest BCUT2D eigenvalue weighted by Gasteiger charge is -2.15. The largest absolute Gasteiger partial charge is 0.486 e. The highest BCUT2D eigenvalue weighted by atomic mass is 32.2. The number of alkyl halides is 3. The van der Waals surface area contributed by atoms with Crippen LogP contribution in [0, 0.1) is 0 Å². The summed E-state index contributed by atoms with van der Waals surface area (Å²) in [5.41, 5.74) is 0.0543. The third kappa shape index (κ3) is 5.12. The van der Waals surface area contributed by atoms with E-state index in [1.807, 2.05) is 0 Å². The summed E-state index contributed by atoms with van der Waals surface area (Å²) in [5, 5.41) is 2.07. The normalized spacial score (nSPS) is 14.8. The number of imide groups is 1. The summed E-state index contributed by atoms with van der Waals surface area (Å²) in [6.45, 7) is -0.145. The highest BCUT2D eigenvalue weighted by Crippen LogP contribution is 2.30. The number of carbonyl (C=O) groups is 2. The predicted octanol–water partition coefficient (Wildman–Crippen LogP) is 5.31. The number of nitrogens with one attached hydrogen (secondary N) is 1. The molecule has 1 aliphatic rings. The number of aromatic nitrogens is 2. The lowest BCUT2D eigenvalue weighted by Crippen LogP contribution is -2.25. The molecule has 37 heavy (non-hydrogen) atoms. The Kier molecular flexibility index (Phi) is 6.30. The summed E-state index contributed by atoms with van der Waals surface area (Å²) >= 11 is 0.811. The van der Waals surface area contributed by atoms with Crippen LogP contribution in [0.25, 0.3) is 22.7 Å². The van der Waals surface area contributed by atoms with E-state index in [0.717, 1.165) is 23.9 Å². The first-order valence-electron chi connectivity index (χ1n) is 10.8. The van der Waals surface area contributed by atoms with Crippen LogP contribution in [0.5, 0.6) is 5.75 Å². The van der Waals surface area contributed by atoms with E-state index < -0.39 is 28.4 Å². The summed E-state index contributed by atoms with van der Waals surface area (Å²) in [7, 11) is 0. The van der Waals surface area contributed by atoms with Gasteiger partial charge in [0, 0.05) is 0 Å². The van der Waals surface area contributed by atoms with Gasteiger partial charge in [0.25, 0.3) is 16.7 Å². The molecular formula is C26H16F3N3O4S. The molecule has 3 aromatic carbocycles. The minimum atomic E-state index is -4.51. The number of thioether (sulfide) groups is 1. The van der Waals surface area contributed by atoms with E-state index in [1.165, 1.54) is 16.7 Å². The molecule has 2 amide bonds. The van der Waals surface area contributed by atoms with Crippen molar-refractivity contribution in [2.75, 3.05) is 0 Å². The topological polar surface area (TPSA) is 90.3 Å². The summed E-state index contributed by atoms with van der Waals surface area (Å²) in [4.78, 5) is 41.1. The van der Waals surface area contributed by atoms with Crippen LogP contribution in [0.2, 0.25) is 0 Å². The Labute approximate surface area is 211 Å². The van der Waals surface area contributed by atoms with Crippen LogP contribution in [0.15, 0.2) is 82.5 Å². The van der Waals surface area contributed by atoms with Crippen molar-refractivity contribution in [3.8, 4) is 11.4 Å². The molecule has 7 nitrogen and oxygen atoms in total. The van der Waals surface area contributed by atoms with Crippen molar-refractivity contribution in [2.24, 2.45) is 0 Å². The standard InChI is InChI=1S/C26H16F3N3O4S/c27-26(28,29)16-7-9-17(10-8-16)32-22(30-20-4-2-1-3-19(20)24(32)34)14-36-18-11-5-15(6-12-18)13-21-23(33)31-25(35)37-21/h1-13H,14H2,(H,31,33,35)/b21-13+. The van der Waals surface area contributed by atoms with Crippen molar-refractivity contribution in [3.05, 3.63) is 105 Å². The molecule has 5 rings (SSSR count). The molecule has 1 saturated heterocycles. The number of carbonyl (C=O) groups excluding carboxylic acids is 2. The van der Waals surface area contributed by atoms with Crippen LogP contribution in [0.4, 0.5) is 18.0 Å². The molecule has 1 aromatic heterocycles. The molecule has 0 spiro atoms. The molecule has 0 unspecified atom stereocenters. The van der Waals surface area contributed by atoms with Gasteiger partial charge in [-0.15, -0.1) is 0 Å². The highest BCUT2D eigenvalue weighted by molar-refractivity contribution is 8.18. The van der Waals surface area contributed by atoms with E-state index in [9.17, 15) is 27.6 Å². The van der Waals surface area contributed by atoms with Gasteiger partial charge in [0.1, 0.15) is 12.4 Å². The van der Waals surface area contributed by atoms with Crippen molar-refractivity contribution in [3.63, 3.8) is 0 Å². The maximum Gasteiger partial charge on any atom is 0.416 e. The van der Waals surface area contributed by atoms with E-state index in [0.29, 0.717) is 22.2 Å². The second kappa shape index (κ2) is 9.58. The number of nitrogens with zero attached hydrogens (tertiary/aromatic N) is 2. The average molecular weight is 523 g/mol. The van der Waals surface area contributed by atoms with E-state index in [4.69, 9.17) is 4.74 Å². The van der Waals surface area contributed by atoms with Crippen LogP contribution >= 0.6 is 11.8 Å². The lowest BCUT2D eigenvalue weighted by atomic mass is 10.2. The molecule has 2 heterocycles. The maximum absolute atomic E-state index is 13.3. The number of ether oxygens (including phenoxy) is 1. The van der Waals surface area contributed by atoms with E-state index in [-0.39, 0.29) is 23.0 Å². The third-order valence-electron chi connectivity index (χ3n) is 5.49. The number of hydrogen-bond acceptors (Lipinski definition) is 6. The zero-order valence-corrected chi connectivity index (χ0v) is 19.6. The second-order valence-corrected chi connectivity index (χ2v) is 8.96. The van der Waals surface area contributed by atoms with Crippen LogP contribution in [0.1, 0.15) is 17.0 Å². The molecule has 0 atom stereocenters. The van der Waals surface area contributed by atoms with Gasteiger partial charge < -0.3 is 4.74 Å². The number of hydrogen-bond donors (Lipinski definition) is 1. The van der Waals surface area contributed by atoms with Crippen molar-refractivity contribution < 1.29 is 27.5 Å². The van der Waals surface area contributed by atoms with Crippen molar-refractivity contribution in [1.29, 1.82) is 0 Å². The van der Waals surface area contributed by atoms with Gasteiger partial charge in [0.15, 0.2) is 5.82 Å². The molecule has 1 aliphatic heterocycles. The Balaban J connectivity index is 1.44. The van der Waals surface area contributed by atoms with Gasteiger partial charge in [-0.2, -0.15) is 13.2 Å². The summed E-state index contributed by atoms with van der Waals surface area (Å²) in [6, 6.07) is 17.6. The van der Waals surface area contributed by atoms with Gasteiger partial charge in [-0.3, -0.25) is 24.3 Å². The zero-order valence-electron chi connectivity index (χ0n) is 18.8. The number of benzene rings is 3. The van der Waals surface area contributed by atoms with Crippen molar-refractivity contribution >= 4 is 39.9 Å². The number of halogens is 3. The fraction of sp³-hybridized carbons (Fsp3) is 0.0769. The Hall–Kier alpha value is -4.38. The monoisotopic (exact) mass is 523 g/mol. The predicted molar refractivity (Wildman–Crippen MR) is 132 cm³/mol. The van der Waals surface area contributed by atoms with Gasteiger partial charge in [-0.05, 0) is 71.9 Å². The summed E-state index contributed by atoms with van der Waals surface area (Å²) in [5.74, 6) is 0.175. The van der Waals surface area contributed by atoms with Crippen LogP contribution in [-0.4, -0.2) is 20.7 Å². The fourth-order valence-corrected chi connectivity index (χ4v) is 4.40. The Morgan fingerprint density at radius 1 is 0.946 bits per heavy atom. The molecule has 0 saturated carbocycles. The van der Waals surface area contributed by atoms with E-state index in [1.54, 1.807) is 54.6 Å². The quantitative estimate of drug-likeness (QED) is 0.357. The van der Waals surface area contributed by atoms with Gasteiger partial charge in [0.05, 0.1) is 27.1 Å². The molecule has 4 aromatic rings. The first kappa shape index (κ1) is 24.3. The maximum atomic E-state index is 13.3. The first-order chi connectivity index (χ1) is 17.7. The van der Waals surface area contributed by atoms with Crippen LogP contribution < -0.4 is 15.6 Å². The Morgan fingerprint density at radius 3 is 2.30 bits per heavy atom. The smallest absolute Gasteiger partial charge is 0.416 e. The number of rotatable bonds is 5. The van der Waals surface area contributed by atoms with E-state index >= 15 is 0 Å². The average Bonchev–Trinajstić information content (AvgIpc) is 3.19. The SMILES string of the molecule is O=C1NC(=O)/C(=C\c2ccc(OCc3nc4ccccc4c(=O)n3-c3ccc(C(F)(F)F)cc3)cc2)S1. The number of amides is 2. The van der Waals surface area contributed by atoms with Crippen molar-refractivity contribution in [2.45, 2.75) is 12.8 Å². The Bertz CT molecular complexity index is 1610. The Morgan fingerprint density at radius 2 is 1.65 bits per heavy atom. The molecule has 11 heteroatoms. The van der Waals surface area contributed by atoms with Gasteiger partial charge in [-0.25, -0.2) is 4.98 Å². The molecule has 1 fully saturated rings. The number of fused-ring (bicyclic) bond motifs is 1. The van der Waals surface area contributed by atoms with Crippen LogP contribution in [0.3, 0.4) is 0 Å². The highest BCUT2D eigenvalue weighted by Gasteiger charge is 2.30. The van der Waals surface area contributed by atoms with Gasteiger partial charge in [-0.1, -0.05) is 24.3 Å². The lowest BCUT2D eigenvalue weighted by molar-refractivity contribution is -0.137. The number of para-hydroxylation sites is 1. The summed E-state index contributed by atoms with van der Waals surface area (Å²) in [6.07, 6.45) is -2.93. The molecule has 0 radical (unpaired) electrons. The second-order valence-electron chi connectivity index (χ2n) is 7.94. The molecule has 186 valence electrons. The fourth-order valence-electron chi connectivity index (χ4n) is 3.72. The molecule has 1 N–H and O–H groups in total. The first-order valence-corrected chi connectivity index (χ1v) is 11.7. The van der Waals surface area contributed by atoms with Gasteiger partial charge >= 0.3 is 6.18 Å². The third-order valence-corrected chi connectivity index (χ3v) is 6.30. The van der Waals surface area contributed by atoms with Crippen LogP contribution in [-0.2, 0) is 17.6 Å². The van der Waals surface area contributed by atoms with Gasteiger partial charge in [0.2, 0.25) is 0 Å². The molecular weight excluding hydrogens is 507 g/mol. The minimum Gasteiger partial charge on any atom is -0.486 e. The summed E-state index contributed by atoms with van der Waals surface area (Å²) < 4.78 is 46.2. The molecule has 0 bridgehead atoms. The zero-order chi connectivity index (χ0) is 26.2. The molecule has 0 aliphatic carbocycles. The van der Waals surface area contributed by atoms with Crippen molar-refractivity contribution in [1.82, 2.24) is 14.9 Å². The van der Waals surface area contributed by atoms with E-state index in [2.05, 4.69) is 10.3 Å².